The third kappa shape index (κ3) is 4.18. The van der Waals surface area contributed by atoms with Crippen LogP contribution >= 0.6 is 0 Å². The Morgan fingerprint density at radius 1 is 1.09 bits per heavy atom. The molecule has 0 atom stereocenters. The molecular weight excluding hydrogens is 439 g/mol. The fraction of sp³-hybridized carbons (Fsp3) is 0.250. The van der Waals surface area contributed by atoms with E-state index in [0.717, 1.165) is 11.0 Å². The van der Waals surface area contributed by atoms with Crippen molar-refractivity contribution in [2.45, 2.75) is 39.5 Å². The molecule has 0 saturated heterocycles. The van der Waals surface area contributed by atoms with Crippen LogP contribution in [0.3, 0.4) is 0 Å². The van der Waals surface area contributed by atoms with E-state index in [1.165, 1.54) is 12.1 Å². The van der Waals surface area contributed by atoms with E-state index in [2.05, 4.69) is 0 Å². The molecule has 0 spiro atoms. The Morgan fingerprint density at radius 3 is 2.33 bits per heavy atom. The molecule has 0 fully saturated rings. The minimum Gasteiger partial charge on any atom is -0.490 e. The van der Waals surface area contributed by atoms with Crippen molar-refractivity contribution in [2.75, 3.05) is 4.90 Å². The van der Waals surface area contributed by atoms with Gasteiger partial charge in [0.2, 0.25) is 0 Å². The number of halogens is 3. The van der Waals surface area contributed by atoms with Crippen molar-refractivity contribution < 1.29 is 37.3 Å². The summed E-state index contributed by atoms with van der Waals surface area (Å²) in [6.45, 7) is 0.182. The summed E-state index contributed by atoms with van der Waals surface area (Å²) >= 11 is 0. The Morgan fingerprint density at radius 2 is 1.76 bits per heavy atom. The summed E-state index contributed by atoms with van der Waals surface area (Å²) in [6.07, 6.45) is -0.705. The molecule has 1 aliphatic rings. The molecule has 3 aromatic rings. The van der Waals surface area contributed by atoms with Crippen LogP contribution in [0.15, 0.2) is 42.5 Å². The van der Waals surface area contributed by atoms with Gasteiger partial charge in [-0.3, -0.25) is 9.59 Å². The molecule has 0 bridgehead atoms. The van der Waals surface area contributed by atoms with E-state index in [1.54, 1.807) is 38.1 Å². The fourth-order valence-corrected chi connectivity index (χ4v) is 4.00. The SMILES string of the molecule is CC(C)Oc1c2c(c(OC(F)F)c3ccccc13)CN(c1ccc(CC(=O)O)cc1F)C2=O. The summed E-state index contributed by atoms with van der Waals surface area (Å²) in [7, 11) is 0. The van der Waals surface area contributed by atoms with E-state index in [0.29, 0.717) is 10.8 Å². The minimum absolute atomic E-state index is 0.0343. The molecule has 0 unspecified atom stereocenters. The number of carbonyl (C=O) groups excluding carboxylic acids is 1. The Hall–Kier alpha value is -3.75. The van der Waals surface area contributed by atoms with Gasteiger partial charge in [0, 0.05) is 16.3 Å². The number of benzene rings is 3. The topological polar surface area (TPSA) is 76.1 Å². The highest BCUT2D eigenvalue weighted by Crippen LogP contribution is 2.47. The highest BCUT2D eigenvalue weighted by Gasteiger charge is 2.38. The number of carboxylic acids is 1. The zero-order chi connectivity index (χ0) is 23.9. The summed E-state index contributed by atoms with van der Waals surface area (Å²) in [6, 6.07) is 10.3. The quantitative estimate of drug-likeness (QED) is 0.529. The Kier molecular flexibility index (Phi) is 5.88. The van der Waals surface area contributed by atoms with Gasteiger partial charge < -0.3 is 19.5 Å². The van der Waals surface area contributed by atoms with Gasteiger partial charge in [0.1, 0.15) is 17.3 Å². The number of aliphatic carboxylic acids is 1. The van der Waals surface area contributed by atoms with Gasteiger partial charge in [-0.05, 0) is 31.5 Å². The number of ether oxygens (including phenoxy) is 2. The second-order valence-corrected chi connectivity index (χ2v) is 7.85. The lowest BCUT2D eigenvalue weighted by Gasteiger charge is -2.19. The first kappa shape index (κ1) is 22.4. The molecule has 9 heteroatoms. The molecule has 33 heavy (non-hydrogen) atoms. The number of hydrogen-bond donors (Lipinski definition) is 1. The van der Waals surface area contributed by atoms with Crippen LogP contribution < -0.4 is 14.4 Å². The van der Waals surface area contributed by atoms with Gasteiger partial charge in [0.15, 0.2) is 0 Å². The summed E-state index contributed by atoms with van der Waals surface area (Å²) < 4.78 is 52.2. The molecule has 1 N–H and O–H groups in total. The van der Waals surface area contributed by atoms with Crippen molar-refractivity contribution in [1.29, 1.82) is 0 Å². The van der Waals surface area contributed by atoms with E-state index < -0.39 is 24.3 Å². The highest BCUT2D eigenvalue weighted by atomic mass is 19.3. The molecule has 0 saturated carbocycles. The van der Waals surface area contributed by atoms with Crippen molar-refractivity contribution in [1.82, 2.24) is 0 Å². The van der Waals surface area contributed by atoms with Gasteiger partial charge in [0.05, 0.1) is 30.3 Å². The minimum atomic E-state index is -3.13. The molecule has 6 nitrogen and oxygen atoms in total. The van der Waals surface area contributed by atoms with Crippen LogP contribution in [0, 0.1) is 5.82 Å². The lowest BCUT2D eigenvalue weighted by atomic mass is 9.99. The number of carboxylic acid groups (broad SMARTS) is 1. The fourth-order valence-electron chi connectivity index (χ4n) is 4.00. The molecule has 3 aromatic carbocycles. The Labute approximate surface area is 187 Å². The first-order valence-corrected chi connectivity index (χ1v) is 10.2. The first-order chi connectivity index (χ1) is 15.7. The highest BCUT2D eigenvalue weighted by molar-refractivity contribution is 6.17. The van der Waals surface area contributed by atoms with Gasteiger partial charge in [-0.1, -0.05) is 30.3 Å². The number of anilines is 1. The standard InChI is InChI=1S/C24H20F3NO5/c1-12(2)32-22-15-6-4-3-5-14(15)21(33-24(26)27)16-11-28(23(31)20(16)22)18-8-7-13(9-17(18)25)10-19(29)30/h3-9,12,24H,10-11H2,1-2H3,(H,29,30). The molecule has 1 aliphatic heterocycles. The molecule has 0 radical (unpaired) electrons. The van der Waals surface area contributed by atoms with Crippen molar-refractivity contribution in [3.63, 3.8) is 0 Å². The predicted molar refractivity (Wildman–Crippen MR) is 115 cm³/mol. The third-order valence-electron chi connectivity index (χ3n) is 5.21. The van der Waals surface area contributed by atoms with Gasteiger partial charge >= 0.3 is 12.6 Å². The molecule has 1 heterocycles. The summed E-state index contributed by atoms with van der Waals surface area (Å²) in [5.74, 6) is -2.50. The molecule has 0 aromatic heterocycles. The van der Waals surface area contributed by atoms with Crippen LogP contribution in [0.1, 0.15) is 35.3 Å². The van der Waals surface area contributed by atoms with Gasteiger partial charge in [-0.15, -0.1) is 0 Å². The van der Waals surface area contributed by atoms with Crippen molar-refractivity contribution in [3.8, 4) is 11.5 Å². The van der Waals surface area contributed by atoms with Crippen molar-refractivity contribution >= 4 is 28.3 Å². The summed E-state index contributed by atoms with van der Waals surface area (Å²) in [5, 5.41) is 9.69. The summed E-state index contributed by atoms with van der Waals surface area (Å²) in [4.78, 5) is 25.5. The number of amides is 1. The average Bonchev–Trinajstić information content (AvgIpc) is 3.06. The number of hydrogen-bond acceptors (Lipinski definition) is 4. The smallest absolute Gasteiger partial charge is 0.387 e. The average molecular weight is 459 g/mol. The summed E-state index contributed by atoms with van der Waals surface area (Å²) in [5.41, 5.74) is 0.327. The Bertz CT molecular complexity index is 1260. The lowest BCUT2D eigenvalue weighted by molar-refractivity contribution is -0.136. The van der Waals surface area contributed by atoms with Crippen molar-refractivity contribution in [2.24, 2.45) is 0 Å². The van der Waals surface area contributed by atoms with E-state index >= 15 is 0 Å². The van der Waals surface area contributed by atoms with E-state index in [1.807, 2.05) is 0 Å². The van der Waals surface area contributed by atoms with Crippen LogP contribution in [0.25, 0.3) is 10.8 Å². The molecule has 4 rings (SSSR count). The zero-order valence-electron chi connectivity index (χ0n) is 17.8. The van der Waals surface area contributed by atoms with Crippen LogP contribution in [0.2, 0.25) is 0 Å². The van der Waals surface area contributed by atoms with Crippen LogP contribution in [-0.2, 0) is 17.8 Å². The molecule has 0 aliphatic carbocycles. The molecule has 172 valence electrons. The third-order valence-corrected chi connectivity index (χ3v) is 5.21. The van der Waals surface area contributed by atoms with E-state index in [9.17, 15) is 22.8 Å². The van der Waals surface area contributed by atoms with E-state index in [4.69, 9.17) is 14.6 Å². The largest absolute Gasteiger partial charge is 0.490 e. The van der Waals surface area contributed by atoms with Crippen LogP contribution in [0.4, 0.5) is 18.9 Å². The van der Waals surface area contributed by atoms with Crippen LogP contribution in [0.5, 0.6) is 11.5 Å². The first-order valence-electron chi connectivity index (χ1n) is 10.2. The maximum atomic E-state index is 14.9. The molecule has 1 amide bonds. The van der Waals surface area contributed by atoms with Crippen LogP contribution in [-0.4, -0.2) is 29.7 Å². The maximum absolute atomic E-state index is 14.9. The monoisotopic (exact) mass is 459 g/mol. The lowest BCUT2D eigenvalue weighted by Crippen LogP contribution is -2.24. The zero-order valence-corrected chi connectivity index (χ0v) is 17.8. The number of nitrogens with zero attached hydrogens (tertiary/aromatic N) is 1. The normalized spacial score (nSPS) is 13.2. The predicted octanol–water partition coefficient (Wildman–Crippen LogP) is 5.16. The van der Waals surface area contributed by atoms with Gasteiger partial charge in [-0.25, -0.2) is 4.39 Å². The number of carbonyl (C=O) groups is 2. The number of alkyl halides is 2. The second kappa shape index (κ2) is 8.65. The number of fused-ring (bicyclic) bond motifs is 2. The van der Waals surface area contributed by atoms with Crippen molar-refractivity contribution in [3.05, 3.63) is 65.0 Å². The number of rotatable bonds is 7. The second-order valence-electron chi connectivity index (χ2n) is 7.85. The molecular formula is C24H20F3NO5. The van der Waals surface area contributed by atoms with Gasteiger partial charge in [0.25, 0.3) is 5.91 Å². The maximum Gasteiger partial charge on any atom is 0.387 e. The van der Waals surface area contributed by atoms with E-state index in [-0.39, 0.29) is 52.9 Å². The Balaban J connectivity index is 1.89. The van der Waals surface area contributed by atoms with Gasteiger partial charge in [-0.2, -0.15) is 8.78 Å².